The second kappa shape index (κ2) is 5.95. The van der Waals surface area contributed by atoms with E-state index in [1.54, 1.807) is 12.1 Å². The summed E-state index contributed by atoms with van der Waals surface area (Å²) in [6.45, 7) is 2.89. The number of methoxy groups -OCH3 is 1. The van der Waals surface area contributed by atoms with Crippen LogP contribution < -0.4 is 4.74 Å². The van der Waals surface area contributed by atoms with Gasteiger partial charge in [0, 0.05) is 18.2 Å². The van der Waals surface area contributed by atoms with E-state index in [4.69, 9.17) is 4.74 Å². The Hall–Kier alpha value is -1.71. The first-order valence-electron chi connectivity index (χ1n) is 6.81. The lowest BCUT2D eigenvalue weighted by Crippen LogP contribution is -2.38. The monoisotopic (exact) mass is 263 g/mol. The molecule has 1 aromatic rings. The van der Waals surface area contributed by atoms with Crippen LogP contribution in [0.4, 0.5) is 0 Å². The highest BCUT2D eigenvalue weighted by Gasteiger charge is 2.23. The normalized spacial score (nSPS) is 19.9. The highest BCUT2D eigenvalue weighted by Crippen LogP contribution is 2.27. The van der Waals surface area contributed by atoms with Crippen molar-refractivity contribution in [2.45, 2.75) is 38.6 Å². The Morgan fingerprint density at radius 3 is 2.84 bits per heavy atom. The van der Waals surface area contributed by atoms with Crippen molar-refractivity contribution in [3.05, 3.63) is 23.8 Å². The smallest absolute Gasteiger partial charge is 0.254 e. The molecule has 1 atom stereocenters. The molecule has 0 radical (unpaired) electrons. The molecule has 1 saturated heterocycles. The first-order valence-corrected chi connectivity index (χ1v) is 6.81. The van der Waals surface area contributed by atoms with Crippen LogP contribution in [0.5, 0.6) is 11.5 Å². The van der Waals surface area contributed by atoms with E-state index >= 15 is 0 Å². The average Bonchev–Trinajstić information content (AvgIpc) is 2.62. The number of hydrogen-bond donors (Lipinski definition) is 1. The fourth-order valence-electron chi connectivity index (χ4n) is 2.57. The molecule has 0 spiro atoms. The van der Waals surface area contributed by atoms with Gasteiger partial charge in [-0.25, -0.2) is 0 Å². The highest BCUT2D eigenvalue weighted by atomic mass is 16.5. The summed E-state index contributed by atoms with van der Waals surface area (Å²) in [4.78, 5) is 14.4. The zero-order valence-electron chi connectivity index (χ0n) is 11.6. The molecule has 1 aliphatic heterocycles. The molecule has 1 amide bonds. The Labute approximate surface area is 114 Å². The van der Waals surface area contributed by atoms with Gasteiger partial charge < -0.3 is 14.7 Å². The molecule has 0 aliphatic carbocycles. The second-order valence-electron chi connectivity index (χ2n) is 5.08. The van der Waals surface area contributed by atoms with Crippen LogP contribution in [0, 0.1) is 0 Å². The van der Waals surface area contributed by atoms with E-state index in [9.17, 15) is 9.90 Å². The van der Waals surface area contributed by atoms with Crippen molar-refractivity contribution in [2.75, 3.05) is 13.7 Å². The minimum Gasteiger partial charge on any atom is -0.504 e. The van der Waals surface area contributed by atoms with Crippen LogP contribution in [0.25, 0.3) is 0 Å². The molecule has 19 heavy (non-hydrogen) atoms. The second-order valence-corrected chi connectivity index (χ2v) is 5.08. The molecular formula is C15H21NO3. The van der Waals surface area contributed by atoms with Crippen molar-refractivity contribution in [1.29, 1.82) is 0 Å². The molecule has 1 heterocycles. The summed E-state index contributed by atoms with van der Waals surface area (Å²) >= 11 is 0. The van der Waals surface area contributed by atoms with Gasteiger partial charge in [0.15, 0.2) is 11.5 Å². The zero-order valence-corrected chi connectivity index (χ0v) is 11.6. The minimum absolute atomic E-state index is 0.00708. The van der Waals surface area contributed by atoms with Gasteiger partial charge in [0.25, 0.3) is 5.91 Å². The Balaban J connectivity index is 2.20. The molecule has 2 rings (SSSR count). The number of amides is 1. The van der Waals surface area contributed by atoms with E-state index in [2.05, 4.69) is 6.92 Å². The summed E-state index contributed by atoms with van der Waals surface area (Å²) in [6, 6.07) is 5.08. The maximum atomic E-state index is 12.5. The van der Waals surface area contributed by atoms with Crippen molar-refractivity contribution in [2.24, 2.45) is 0 Å². The molecule has 0 aromatic heterocycles. The van der Waals surface area contributed by atoms with Crippen molar-refractivity contribution >= 4 is 5.91 Å². The Bertz CT molecular complexity index is 459. The average molecular weight is 263 g/mol. The van der Waals surface area contributed by atoms with Crippen LogP contribution in [0.1, 0.15) is 43.0 Å². The van der Waals surface area contributed by atoms with Crippen LogP contribution >= 0.6 is 0 Å². The predicted molar refractivity (Wildman–Crippen MR) is 73.6 cm³/mol. The third kappa shape index (κ3) is 3.00. The predicted octanol–water partition coefficient (Wildman–Crippen LogP) is 2.81. The minimum atomic E-state index is -0.00708. The van der Waals surface area contributed by atoms with Gasteiger partial charge in [-0.05, 0) is 38.0 Å². The van der Waals surface area contributed by atoms with Crippen molar-refractivity contribution in [1.82, 2.24) is 4.90 Å². The lowest BCUT2D eigenvalue weighted by atomic mass is 10.1. The van der Waals surface area contributed by atoms with E-state index in [0.717, 1.165) is 19.4 Å². The SMILES string of the molecule is COc1ccc(C(=O)N2CCCCCC2C)cc1O. The summed E-state index contributed by atoms with van der Waals surface area (Å²) in [7, 11) is 1.49. The van der Waals surface area contributed by atoms with Gasteiger partial charge in [0.2, 0.25) is 0 Å². The summed E-state index contributed by atoms with van der Waals surface area (Å²) in [5.74, 6) is 0.392. The van der Waals surface area contributed by atoms with E-state index in [-0.39, 0.29) is 17.7 Å². The van der Waals surface area contributed by atoms with Crippen LogP contribution in [-0.2, 0) is 0 Å². The standard InChI is InChI=1S/C15H21NO3/c1-11-6-4-3-5-9-16(11)15(18)12-7-8-14(19-2)13(17)10-12/h7-8,10-11,17H,3-6,9H2,1-2H3. The van der Waals surface area contributed by atoms with E-state index in [1.165, 1.54) is 26.0 Å². The number of rotatable bonds is 2. The fraction of sp³-hybridized carbons (Fsp3) is 0.533. The van der Waals surface area contributed by atoms with Gasteiger partial charge in [0.05, 0.1) is 7.11 Å². The van der Waals surface area contributed by atoms with Gasteiger partial charge in [0.1, 0.15) is 0 Å². The number of aromatic hydroxyl groups is 1. The Kier molecular flexibility index (Phi) is 4.30. The molecule has 104 valence electrons. The van der Waals surface area contributed by atoms with Crippen molar-refractivity contribution in [3.8, 4) is 11.5 Å². The van der Waals surface area contributed by atoms with E-state index in [0.29, 0.717) is 11.3 Å². The first kappa shape index (κ1) is 13.7. The molecule has 0 saturated carbocycles. The maximum Gasteiger partial charge on any atom is 0.254 e. The summed E-state index contributed by atoms with van der Waals surface area (Å²) in [5.41, 5.74) is 0.520. The van der Waals surface area contributed by atoms with E-state index < -0.39 is 0 Å². The maximum absolute atomic E-state index is 12.5. The summed E-state index contributed by atoms with van der Waals surface area (Å²) < 4.78 is 4.99. The number of carbonyl (C=O) groups is 1. The van der Waals surface area contributed by atoms with Crippen LogP contribution in [-0.4, -0.2) is 35.6 Å². The topological polar surface area (TPSA) is 49.8 Å². The van der Waals surface area contributed by atoms with Gasteiger partial charge in [-0.1, -0.05) is 12.8 Å². The summed E-state index contributed by atoms with van der Waals surface area (Å²) in [6.07, 6.45) is 4.47. The number of nitrogens with zero attached hydrogens (tertiary/aromatic N) is 1. The summed E-state index contributed by atoms with van der Waals surface area (Å²) in [5, 5.41) is 9.76. The number of likely N-dealkylation sites (tertiary alicyclic amines) is 1. The fourth-order valence-corrected chi connectivity index (χ4v) is 2.57. The third-order valence-electron chi connectivity index (χ3n) is 3.74. The number of hydrogen-bond acceptors (Lipinski definition) is 3. The first-order chi connectivity index (χ1) is 9.13. The van der Waals surface area contributed by atoms with Crippen LogP contribution in [0.2, 0.25) is 0 Å². The molecule has 1 unspecified atom stereocenters. The van der Waals surface area contributed by atoms with Crippen LogP contribution in [0.15, 0.2) is 18.2 Å². The zero-order chi connectivity index (χ0) is 13.8. The van der Waals surface area contributed by atoms with Gasteiger partial charge in [-0.2, -0.15) is 0 Å². The van der Waals surface area contributed by atoms with Crippen molar-refractivity contribution < 1.29 is 14.6 Å². The lowest BCUT2D eigenvalue weighted by molar-refractivity contribution is 0.0697. The lowest BCUT2D eigenvalue weighted by Gasteiger charge is -2.27. The Morgan fingerprint density at radius 1 is 1.37 bits per heavy atom. The van der Waals surface area contributed by atoms with Crippen LogP contribution in [0.3, 0.4) is 0 Å². The number of ether oxygens (including phenoxy) is 1. The molecule has 4 heteroatoms. The largest absolute Gasteiger partial charge is 0.504 e. The quantitative estimate of drug-likeness (QED) is 0.892. The van der Waals surface area contributed by atoms with Crippen molar-refractivity contribution in [3.63, 3.8) is 0 Å². The van der Waals surface area contributed by atoms with Gasteiger partial charge in [-0.3, -0.25) is 4.79 Å². The van der Waals surface area contributed by atoms with Gasteiger partial charge >= 0.3 is 0 Å². The Morgan fingerprint density at radius 2 is 2.16 bits per heavy atom. The molecular weight excluding hydrogens is 242 g/mol. The molecule has 4 nitrogen and oxygen atoms in total. The van der Waals surface area contributed by atoms with Gasteiger partial charge in [-0.15, -0.1) is 0 Å². The third-order valence-corrected chi connectivity index (χ3v) is 3.74. The molecule has 1 fully saturated rings. The number of carbonyl (C=O) groups excluding carboxylic acids is 1. The highest BCUT2D eigenvalue weighted by molar-refractivity contribution is 5.95. The number of phenols is 1. The van der Waals surface area contributed by atoms with E-state index in [1.807, 2.05) is 4.90 Å². The molecule has 0 bridgehead atoms. The molecule has 1 aliphatic rings. The number of phenolic OH excluding ortho intramolecular Hbond substituents is 1. The number of benzene rings is 1. The molecule has 1 aromatic carbocycles. The molecule has 1 N–H and O–H groups in total.